The Hall–Kier alpha value is -8.07. The minimum absolute atomic E-state index is 0.0248. The SMILES string of the molecule is COc1ccc(CN(Cc2ccc(OC)cc2)S(=O)(=O)C[C@H](O)c2ccc(F)cc2F)cc1.COc1ccc(CN(Cc2ccc(OC)cc2)S(=O)(=O)C[C@H](O)c2ccc(F)cc2F)cc1.COc1ccc(CN(Cc2ccc(OC)cc2)S(C)(=O)=O)cc1. The number of aliphatic hydroxyl groups is 2. The van der Waals surface area contributed by atoms with Crippen LogP contribution in [0, 0.1) is 23.3 Å². The largest absolute Gasteiger partial charge is 0.497 e. The van der Waals surface area contributed by atoms with Crippen molar-refractivity contribution in [1.82, 2.24) is 12.9 Å². The molecule has 2 atom stereocenters. The zero-order valence-corrected chi connectivity index (χ0v) is 52.5. The van der Waals surface area contributed by atoms with Crippen LogP contribution >= 0.6 is 0 Å². The van der Waals surface area contributed by atoms with Gasteiger partial charge >= 0.3 is 0 Å². The van der Waals surface area contributed by atoms with Crippen LogP contribution in [0.3, 0.4) is 0 Å². The maximum atomic E-state index is 14.1. The highest BCUT2D eigenvalue weighted by molar-refractivity contribution is 7.89. The van der Waals surface area contributed by atoms with Crippen LogP contribution in [0.2, 0.25) is 0 Å². The molecule has 0 saturated heterocycles. The van der Waals surface area contributed by atoms with E-state index >= 15 is 0 Å². The van der Waals surface area contributed by atoms with Gasteiger partial charge < -0.3 is 38.6 Å². The van der Waals surface area contributed by atoms with Gasteiger partial charge in [0.2, 0.25) is 30.1 Å². The summed E-state index contributed by atoms with van der Waals surface area (Å²) in [6.45, 7) is 0.728. The molecule has 0 aliphatic rings. The van der Waals surface area contributed by atoms with Gasteiger partial charge in [0, 0.05) is 62.5 Å². The number of nitrogens with zero attached hydrogens (tertiary/aromatic N) is 3. The Bertz CT molecular complexity index is 3520. The third-order valence-electron chi connectivity index (χ3n) is 13.7. The van der Waals surface area contributed by atoms with Crippen molar-refractivity contribution in [3.05, 3.63) is 250 Å². The van der Waals surface area contributed by atoms with Gasteiger partial charge in [-0.2, -0.15) is 12.9 Å². The lowest BCUT2D eigenvalue weighted by molar-refractivity contribution is 0.193. The number of hydrogen-bond donors (Lipinski definition) is 2. The molecule has 0 bridgehead atoms. The van der Waals surface area contributed by atoms with E-state index in [0.717, 1.165) is 46.9 Å². The van der Waals surface area contributed by atoms with Crippen molar-refractivity contribution in [1.29, 1.82) is 0 Å². The molecule has 0 saturated carbocycles. The van der Waals surface area contributed by atoms with E-state index in [4.69, 9.17) is 28.4 Å². The van der Waals surface area contributed by atoms with Crippen molar-refractivity contribution in [2.45, 2.75) is 51.5 Å². The number of aliphatic hydroxyl groups excluding tert-OH is 2. The van der Waals surface area contributed by atoms with E-state index in [9.17, 15) is 53.0 Å². The lowest BCUT2D eigenvalue weighted by atomic mass is 10.1. The molecule has 476 valence electrons. The predicted octanol–water partition coefficient (Wildman–Crippen LogP) is 10.8. The van der Waals surface area contributed by atoms with Crippen LogP contribution in [-0.2, 0) is 69.3 Å². The second kappa shape index (κ2) is 33.0. The van der Waals surface area contributed by atoms with Gasteiger partial charge in [-0.15, -0.1) is 0 Å². The van der Waals surface area contributed by atoms with Gasteiger partial charge in [-0.1, -0.05) is 84.9 Å². The number of sulfonamides is 3. The summed E-state index contributed by atoms with van der Waals surface area (Å²) in [5.74, 6) is -1.15. The Labute approximate surface area is 518 Å². The summed E-state index contributed by atoms with van der Waals surface area (Å²) in [7, 11) is -2.12. The van der Waals surface area contributed by atoms with E-state index in [1.54, 1.807) is 111 Å². The van der Waals surface area contributed by atoms with Gasteiger partial charge in [0.15, 0.2) is 0 Å². The second-order valence-corrected chi connectivity index (χ2v) is 26.1. The predicted molar refractivity (Wildman–Crippen MR) is 331 cm³/mol. The van der Waals surface area contributed by atoms with Gasteiger partial charge in [-0.3, -0.25) is 0 Å². The average Bonchev–Trinajstić information content (AvgIpc) is 3.71. The summed E-state index contributed by atoms with van der Waals surface area (Å²) in [6.07, 6.45) is -2.10. The first-order chi connectivity index (χ1) is 42.3. The topological polar surface area (TPSA) is 208 Å². The standard InChI is InChI=1S/2C24H25F2NO5S.C17H21NO4S/c2*1-31-20-8-3-17(4-9-20)14-27(15-18-5-10-21(32-2)11-6-18)33(29,30)16-24(28)22-12-7-19(25)13-23(22)26;1-21-16-8-4-14(5-9-16)12-18(23(3,19)20)13-15-6-10-17(22-2)11-7-15/h2*3-13,24,28H,14-16H2,1-2H3;4-11H,12-13H2,1-3H3/t2*24-;/m00./s1. The highest BCUT2D eigenvalue weighted by Gasteiger charge is 2.30. The Kier molecular flexibility index (Phi) is 25.9. The lowest BCUT2D eigenvalue weighted by Crippen LogP contribution is -2.34. The summed E-state index contributed by atoms with van der Waals surface area (Å²) < 4.78 is 166. The van der Waals surface area contributed by atoms with E-state index in [1.165, 1.54) is 47.6 Å². The first kappa shape index (κ1) is 70.0. The Morgan fingerprint density at radius 1 is 0.337 bits per heavy atom. The van der Waals surface area contributed by atoms with Crippen molar-refractivity contribution >= 4 is 30.1 Å². The van der Waals surface area contributed by atoms with E-state index in [2.05, 4.69) is 0 Å². The Morgan fingerprint density at radius 3 is 0.719 bits per heavy atom. The van der Waals surface area contributed by atoms with Crippen LogP contribution in [0.15, 0.2) is 182 Å². The van der Waals surface area contributed by atoms with Crippen molar-refractivity contribution in [2.24, 2.45) is 0 Å². The van der Waals surface area contributed by atoms with Gasteiger partial charge in [0.25, 0.3) is 0 Å². The van der Waals surface area contributed by atoms with Crippen LogP contribution in [0.1, 0.15) is 56.7 Å². The molecule has 0 unspecified atom stereocenters. The van der Waals surface area contributed by atoms with Crippen molar-refractivity contribution in [2.75, 3.05) is 60.4 Å². The molecule has 89 heavy (non-hydrogen) atoms. The molecule has 8 rings (SSSR count). The third kappa shape index (κ3) is 21.6. The quantitative estimate of drug-likeness (QED) is 0.0459. The minimum atomic E-state index is -4.06. The number of halogens is 4. The summed E-state index contributed by atoms with van der Waals surface area (Å²) in [5, 5.41) is 20.9. The average molecular weight is 1290 g/mol. The van der Waals surface area contributed by atoms with Gasteiger partial charge in [0.1, 0.15) is 57.8 Å². The van der Waals surface area contributed by atoms with Crippen molar-refractivity contribution in [3.8, 4) is 34.5 Å². The molecule has 0 heterocycles. The highest BCUT2D eigenvalue weighted by atomic mass is 32.2. The number of ether oxygens (including phenoxy) is 6. The highest BCUT2D eigenvalue weighted by Crippen LogP contribution is 2.28. The number of methoxy groups -OCH3 is 6. The molecule has 24 heteroatoms. The molecule has 0 aliphatic carbocycles. The Balaban J connectivity index is 0.000000217. The molecular weight excluding hydrogens is 1220 g/mol. The summed E-state index contributed by atoms with van der Waals surface area (Å²) >= 11 is 0. The monoisotopic (exact) mass is 1290 g/mol. The molecule has 0 aromatic heterocycles. The summed E-state index contributed by atoms with van der Waals surface area (Å²) in [4.78, 5) is 0. The maximum Gasteiger partial charge on any atom is 0.217 e. The van der Waals surface area contributed by atoms with Crippen LogP contribution in [0.5, 0.6) is 34.5 Å². The first-order valence-electron chi connectivity index (χ1n) is 27.3. The normalized spacial score (nSPS) is 12.3. The van der Waals surface area contributed by atoms with Crippen LogP contribution < -0.4 is 28.4 Å². The second-order valence-electron chi connectivity index (χ2n) is 20.1. The Morgan fingerprint density at radius 2 is 0.539 bits per heavy atom. The number of rotatable bonds is 27. The summed E-state index contributed by atoms with van der Waals surface area (Å²) in [6, 6.07) is 47.7. The zero-order valence-electron chi connectivity index (χ0n) is 50.0. The molecule has 2 N–H and O–H groups in total. The van der Waals surface area contributed by atoms with Gasteiger partial charge in [-0.25, -0.2) is 42.8 Å². The fourth-order valence-electron chi connectivity index (χ4n) is 8.74. The van der Waals surface area contributed by atoms with Crippen LogP contribution in [0.4, 0.5) is 17.6 Å². The molecule has 0 aliphatic heterocycles. The third-order valence-corrected chi connectivity index (χ3v) is 18.5. The zero-order chi connectivity index (χ0) is 64.9. The number of hydrogen-bond acceptors (Lipinski definition) is 14. The molecule has 8 aromatic rings. The van der Waals surface area contributed by atoms with E-state index in [0.29, 0.717) is 70.5 Å². The van der Waals surface area contributed by atoms with E-state index < -0.39 is 77.1 Å². The molecule has 0 spiro atoms. The molecule has 0 amide bonds. The minimum Gasteiger partial charge on any atom is -0.497 e. The smallest absolute Gasteiger partial charge is 0.217 e. The summed E-state index contributed by atoms with van der Waals surface area (Å²) in [5.41, 5.74) is 4.06. The molecule has 17 nitrogen and oxygen atoms in total. The first-order valence-corrected chi connectivity index (χ1v) is 32.4. The van der Waals surface area contributed by atoms with E-state index in [1.807, 2.05) is 48.5 Å². The van der Waals surface area contributed by atoms with Crippen molar-refractivity contribution < 1.29 is 81.4 Å². The fraction of sp³-hybridized carbons (Fsp3) is 0.262. The lowest BCUT2D eigenvalue weighted by Gasteiger charge is -2.24. The van der Waals surface area contributed by atoms with Gasteiger partial charge in [-0.05, 0) is 118 Å². The molecule has 0 radical (unpaired) electrons. The van der Waals surface area contributed by atoms with Gasteiger partial charge in [0.05, 0.1) is 72.6 Å². The van der Waals surface area contributed by atoms with Crippen molar-refractivity contribution in [3.63, 3.8) is 0 Å². The van der Waals surface area contributed by atoms with Crippen LogP contribution in [0.25, 0.3) is 0 Å². The maximum absolute atomic E-state index is 14.1. The van der Waals surface area contributed by atoms with Crippen LogP contribution in [-0.4, -0.2) is 109 Å². The molecule has 8 aromatic carbocycles. The van der Waals surface area contributed by atoms with E-state index in [-0.39, 0.29) is 37.3 Å². The fourth-order valence-corrected chi connectivity index (χ4v) is 12.5. The molecule has 0 fully saturated rings. The number of benzene rings is 8. The molecular formula is C65H71F4N3O14S3.